The summed E-state index contributed by atoms with van der Waals surface area (Å²) in [5.41, 5.74) is 2.70. The van der Waals surface area contributed by atoms with Crippen LogP contribution in [0.15, 0.2) is 70.6 Å². The van der Waals surface area contributed by atoms with E-state index in [0.29, 0.717) is 16.3 Å². The maximum absolute atomic E-state index is 11.4. The number of aliphatic hydroxyl groups is 1. The van der Waals surface area contributed by atoms with Crippen molar-refractivity contribution in [3.63, 3.8) is 0 Å². The highest BCUT2D eigenvalue weighted by Crippen LogP contribution is 2.34. The summed E-state index contributed by atoms with van der Waals surface area (Å²) in [6, 6.07) is 15.6. The van der Waals surface area contributed by atoms with Crippen LogP contribution in [-0.2, 0) is 10.0 Å². The van der Waals surface area contributed by atoms with Gasteiger partial charge in [0.05, 0.1) is 22.7 Å². The molecule has 3 aromatic rings. The highest BCUT2D eigenvalue weighted by atomic mass is 32.2. The number of nitrogens with two attached hydrogens (primary N) is 1. The lowest BCUT2D eigenvalue weighted by Gasteiger charge is -2.18. The SMILES string of the molecule is N=C1C(c2nc(-c3ccccc3)cs2)=C(O)CN1c1ccc(S(N)(=O)=O)cc1. The van der Waals surface area contributed by atoms with Gasteiger partial charge < -0.3 is 10.0 Å². The van der Waals surface area contributed by atoms with E-state index in [1.165, 1.54) is 23.5 Å². The van der Waals surface area contributed by atoms with E-state index in [9.17, 15) is 13.5 Å². The van der Waals surface area contributed by atoms with Crippen LogP contribution in [0.2, 0.25) is 0 Å². The highest BCUT2D eigenvalue weighted by molar-refractivity contribution is 7.89. The van der Waals surface area contributed by atoms with Crippen molar-refractivity contribution in [2.45, 2.75) is 4.90 Å². The fourth-order valence-electron chi connectivity index (χ4n) is 2.97. The quantitative estimate of drug-likeness (QED) is 0.608. The van der Waals surface area contributed by atoms with Crippen molar-refractivity contribution in [2.24, 2.45) is 5.14 Å². The van der Waals surface area contributed by atoms with Gasteiger partial charge in [-0.1, -0.05) is 30.3 Å². The van der Waals surface area contributed by atoms with Gasteiger partial charge in [0.15, 0.2) is 0 Å². The maximum Gasteiger partial charge on any atom is 0.238 e. The van der Waals surface area contributed by atoms with Crippen molar-refractivity contribution in [3.05, 3.63) is 70.7 Å². The molecule has 0 saturated carbocycles. The predicted molar refractivity (Wildman–Crippen MR) is 110 cm³/mol. The second-order valence-electron chi connectivity index (χ2n) is 6.20. The van der Waals surface area contributed by atoms with Crippen molar-refractivity contribution in [1.29, 1.82) is 5.41 Å². The average Bonchev–Trinajstić information content (AvgIpc) is 3.26. The number of nitrogens with zero attached hydrogens (tertiary/aromatic N) is 2. The van der Waals surface area contributed by atoms with Crippen LogP contribution >= 0.6 is 11.3 Å². The molecule has 28 heavy (non-hydrogen) atoms. The standard InChI is InChI=1S/C19H16N4O3S2/c20-18-17(19-22-15(11-27-19)12-4-2-1-3-5-12)16(24)10-23(18)13-6-8-14(9-7-13)28(21,25)26/h1-9,11,20,24H,10H2,(H2,21,25,26). The van der Waals surface area contributed by atoms with Gasteiger partial charge in [-0.15, -0.1) is 11.3 Å². The minimum Gasteiger partial charge on any atom is -0.510 e. The lowest BCUT2D eigenvalue weighted by atomic mass is 10.2. The number of hydrogen-bond donors (Lipinski definition) is 3. The van der Waals surface area contributed by atoms with Crippen molar-refractivity contribution in [3.8, 4) is 11.3 Å². The third-order valence-electron chi connectivity index (χ3n) is 4.37. The van der Waals surface area contributed by atoms with Gasteiger partial charge in [-0.05, 0) is 24.3 Å². The molecular weight excluding hydrogens is 396 g/mol. The molecule has 1 aliphatic heterocycles. The number of amidine groups is 1. The van der Waals surface area contributed by atoms with Crippen LogP contribution in [0.4, 0.5) is 5.69 Å². The minimum atomic E-state index is -3.79. The number of nitrogens with one attached hydrogen (secondary N) is 1. The molecule has 9 heteroatoms. The molecule has 1 aliphatic rings. The van der Waals surface area contributed by atoms with Crippen LogP contribution in [0.25, 0.3) is 16.8 Å². The van der Waals surface area contributed by atoms with Gasteiger partial charge in [-0.2, -0.15) is 0 Å². The molecule has 0 saturated heterocycles. The Morgan fingerprint density at radius 3 is 2.43 bits per heavy atom. The second kappa shape index (κ2) is 6.86. The van der Waals surface area contributed by atoms with Gasteiger partial charge in [-0.25, -0.2) is 18.5 Å². The Labute approximate surface area is 166 Å². The number of rotatable bonds is 4. The molecule has 4 rings (SSSR count). The molecule has 1 aromatic heterocycles. The molecule has 0 spiro atoms. The smallest absolute Gasteiger partial charge is 0.238 e. The Morgan fingerprint density at radius 1 is 1.11 bits per heavy atom. The zero-order valence-corrected chi connectivity index (χ0v) is 16.2. The van der Waals surface area contributed by atoms with Crippen LogP contribution in [0, 0.1) is 5.41 Å². The first-order valence-electron chi connectivity index (χ1n) is 8.27. The average molecular weight is 412 g/mol. The molecule has 7 nitrogen and oxygen atoms in total. The van der Waals surface area contributed by atoms with Crippen molar-refractivity contribution < 1.29 is 13.5 Å². The Kier molecular flexibility index (Phi) is 4.50. The molecular formula is C19H16N4O3S2. The van der Waals surface area contributed by atoms with E-state index in [-0.39, 0.29) is 23.0 Å². The predicted octanol–water partition coefficient (Wildman–Crippen LogP) is 3.22. The summed E-state index contributed by atoms with van der Waals surface area (Å²) in [5.74, 6) is 0.157. The fourth-order valence-corrected chi connectivity index (χ4v) is 4.38. The Hall–Kier alpha value is -3.01. The summed E-state index contributed by atoms with van der Waals surface area (Å²) in [6.07, 6.45) is 0. The van der Waals surface area contributed by atoms with E-state index in [0.717, 1.165) is 11.3 Å². The topological polar surface area (TPSA) is 120 Å². The zero-order chi connectivity index (χ0) is 19.9. The third kappa shape index (κ3) is 3.31. The molecule has 0 radical (unpaired) electrons. The second-order valence-corrected chi connectivity index (χ2v) is 8.62. The van der Waals surface area contributed by atoms with Gasteiger partial charge in [0, 0.05) is 16.6 Å². The summed E-state index contributed by atoms with van der Waals surface area (Å²) in [6.45, 7) is 0.114. The minimum absolute atomic E-state index is 0.00758. The number of sulfonamides is 1. The van der Waals surface area contributed by atoms with Gasteiger partial charge in [0.2, 0.25) is 10.0 Å². The van der Waals surface area contributed by atoms with E-state index in [1.54, 1.807) is 17.0 Å². The molecule has 0 atom stereocenters. The Bertz CT molecular complexity index is 1180. The van der Waals surface area contributed by atoms with E-state index in [4.69, 9.17) is 10.5 Å². The summed E-state index contributed by atoms with van der Waals surface area (Å²) >= 11 is 1.36. The number of hydrogen-bond acceptors (Lipinski definition) is 6. The van der Waals surface area contributed by atoms with Crippen molar-refractivity contribution in [1.82, 2.24) is 4.98 Å². The number of benzene rings is 2. The van der Waals surface area contributed by atoms with E-state index in [2.05, 4.69) is 4.98 Å². The highest BCUT2D eigenvalue weighted by Gasteiger charge is 2.31. The fraction of sp³-hybridized carbons (Fsp3) is 0.0526. The van der Waals surface area contributed by atoms with Crippen molar-refractivity contribution >= 4 is 38.5 Å². The van der Waals surface area contributed by atoms with E-state index in [1.807, 2.05) is 35.7 Å². The molecule has 0 fully saturated rings. The van der Waals surface area contributed by atoms with Crippen LogP contribution in [-0.4, -0.2) is 30.9 Å². The number of aliphatic hydroxyl groups excluding tert-OH is 1. The first-order chi connectivity index (χ1) is 13.3. The Morgan fingerprint density at radius 2 is 1.79 bits per heavy atom. The molecule has 2 heterocycles. The van der Waals surface area contributed by atoms with Crippen molar-refractivity contribution in [2.75, 3.05) is 11.4 Å². The summed E-state index contributed by atoms with van der Waals surface area (Å²) in [7, 11) is -3.79. The number of aromatic nitrogens is 1. The first-order valence-corrected chi connectivity index (χ1v) is 10.7. The summed E-state index contributed by atoms with van der Waals surface area (Å²) < 4.78 is 22.8. The number of primary sulfonamides is 1. The molecule has 0 bridgehead atoms. The lowest BCUT2D eigenvalue weighted by molar-refractivity contribution is 0.411. The van der Waals surface area contributed by atoms with Gasteiger partial charge in [0.25, 0.3) is 0 Å². The monoisotopic (exact) mass is 412 g/mol. The molecule has 4 N–H and O–H groups in total. The van der Waals surface area contributed by atoms with Crippen LogP contribution in [0.5, 0.6) is 0 Å². The molecule has 2 aromatic carbocycles. The van der Waals surface area contributed by atoms with Gasteiger partial charge >= 0.3 is 0 Å². The van der Waals surface area contributed by atoms with Crippen LogP contribution < -0.4 is 10.0 Å². The van der Waals surface area contributed by atoms with Gasteiger partial charge in [-0.3, -0.25) is 5.41 Å². The third-order valence-corrected chi connectivity index (χ3v) is 6.16. The summed E-state index contributed by atoms with van der Waals surface area (Å²) in [4.78, 5) is 6.15. The first kappa shape index (κ1) is 18.4. The molecule has 0 unspecified atom stereocenters. The zero-order valence-electron chi connectivity index (χ0n) is 14.5. The van der Waals surface area contributed by atoms with Crippen LogP contribution in [0.3, 0.4) is 0 Å². The lowest BCUT2D eigenvalue weighted by Crippen LogP contribution is -2.26. The Balaban J connectivity index is 1.62. The largest absolute Gasteiger partial charge is 0.510 e. The summed E-state index contributed by atoms with van der Waals surface area (Å²) in [5, 5.41) is 26.5. The number of anilines is 1. The van der Waals surface area contributed by atoms with E-state index < -0.39 is 10.0 Å². The maximum atomic E-state index is 11.4. The van der Waals surface area contributed by atoms with Crippen LogP contribution in [0.1, 0.15) is 5.01 Å². The van der Waals surface area contributed by atoms with Gasteiger partial charge in [0.1, 0.15) is 16.6 Å². The van der Waals surface area contributed by atoms with E-state index >= 15 is 0 Å². The normalized spacial score (nSPS) is 14.8. The molecule has 0 aliphatic carbocycles. The molecule has 142 valence electrons. The molecule has 0 amide bonds. The number of thiazole rings is 1.